The average Bonchev–Trinajstić information content (AvgIpc) is 3.17. The number of furan rings is 1. The fourth-order valence-corrected chi connectivity index (χ4v) is 3.52. The van der Waals surface area contributed by atoms with Crippen LogP contribution in [0, 0.1) is 5.41 Å². The van der Waals surface area contributed by atoms with Gasteiger partial charge in [-0.3, -0.25) is 9.59 Å². The smallest absolute Gasteiger partial charge is 0.266 e. The molecule has 3 rings (SSSR count). The highest BCUT2D eigenvalue weighted by atomic mass is 35.5. The van der Waals surface area contributed by atoms with Gasteiger partial charge in [-0.15, -0.1) is 11.3 Å². The van der Waals surface area contributed by atoms with Crippen molar-refractivity contribution in [3.63, 3.8) is 0 Å². The summed E-state index contributed by atoms with van der Waals surface area (Å²) in [6, 6.07) is 8.80. The fourth-order valence-electron chi connectivity index (χ4n) is 2.26. The standard InChI is InChI=1S/C20H17Cl2NO3S/c1-20(2,3)16(24)10-17-23-19(25)15(27-17)9-11-7-8-14(26-11)12-5-4-6-13(21)18(12)22/h4-10H,1-3H3,(H,23,25). The SMILES string of the molecule is CC(C)(C)C(=O)C=c1[nH]c(=O)c(=Cc2ccc(-c3cccc(Cl)c3Cl)o2)s1. The number of ketones is 1. The van der Waals surface area contributed by atoms with E-state index in [1.54, 1.807) is 36.4 Å². The lowest BCUT2D eigenvalue weighted by atomic mass is 9.91. The van der Waals surface area contributed by atoms with Crippen molar-refractivity contribution in [2.75, 3.05) is 0 Å². The molecule has 3 aromatic rings. The minimum Gasteiger partial charge on any atom is -0.457 e. The zero-order valence-corrected chi connectivity index (χ0v) is 17.3. The molecule has 0 saturated heterocycles. The first kappa shape index (κ1) is 19.7. The van der Waals surface area contributed by atoms with E-state index in [2.05, 4.69) is 4.98 Å². The quantitative estimate of drug-likeness (QED) is 0.687. The van der Waals surface area contributed by atoms with E-state index in [0.29, 0.717) is 36.3 Å². The summed E-state index contributed by atoms with van der Waals surface area (Å²) in [7, 11) is 0. The van der Waals surface area contributed by atoms with Gasteiger partial charge in [0.05, 0.1) is 19.2 Å². The summed E-state index contributed by atoms with van der Waals surface area (Å²) >= 11 is 13.5. The number of halogens is 2. The van der Waals surface area contributed by atoms with Crippen LogP contribution >= 0.6 is 34.5 Å². The Morgan fingerprint density at radius 2 is 1.93 bits per heavy atom. The van der Waals surface area contributed by atoms with E-state index in [0.717, 1.165) is 0 Å². The molecule has 0 atom stereocenters. The largest absolute Gasteiger partial charge is 0.457 e. The van der Waals surface area contributed by atoms with Crippen LogP contribution in [0.1, 0.15) is 26.5 Å². The molecule has 0 aliphatic carbocycles. The second-order valence-corrected chi connectivity index (χ2v) is 8.86. The van der Waals surface area contributed by atoms with Gasteiger partial charge in [0.1, 0.15) is 11.5 Å². The second kappa shape index (κ2) is 7.50. The Hall–Kier alpha value is -2.08. The highest BCUT2D eigenvalue weighted by Gasteiger charge is 2.18. The van der Waals surface area contributed by atoms with Crippen LogP contribution in [0.4, 0.5) is 0 Å². The number of hydrogen-bond acceptors (Lipinski definition) is 4. The van der Waals surface area contributed by atoms with Crippen molar-refractivity contribution in [2.24, 2.45) is 5.41 Å². The lowest BCUT2D eigenvalue weighted by Gasteiger charge is -2.12. The monoisotopic (exact) mass is 421 g/mol. The summed E-state index contributed by atoms with van der Waals surface area (Å²) in [6.45, 7) is 5.49. The minimum atomic E-state index is -0.503. The topological polar surface area (TPSA) is 63.1 Å². The molecule has 27 heavy (non-hydrogen) atoms. The number of thiazole rings is 1. The number of rotatable bonds is 3. The maximum absolute atomic E-state index is 12.2. The first-order valence-electron chi connectivity index (χ1n) is 8.16. The number of H-pyrrole nitrogens is 1. The van der Waals surface area contributed by atoms with Gasteiger partial charge in [0.15, 0.2) is 5.78 Å². The number of aromatic nitrogens is 1. The summed E-state index contributed by atoms with van der Waals surface area (Å²) in [5, 5.41) is 0.848. The predicted octanol–water partition coefficient (Wildman–Crippen LogP) is 4.23. The van der Waals surface area contributed by atoms with Gasteiger partial charge in [-0.2, -0.15) is 0 Å². The van der Waals surface area contributed by atoms with Crippen molar-refractivity contribution in [1.29, 1.82) is 0 Å². The van der Waals surface area contributed by atoms with Gasteiger partial charge < -0.3 is 9.40 Å². The number of aromatic amines is 1. The van der Waals surface area contributed by atoms with E-state index in [1.165, 1.54) is 17.4 Å². The van der Waals surface area contributed by atoms with Gasteiger partial charge in [0, 0.05) is 23.1 Å². The first-order chi connectivity index (χ1) is 12.6. The Bertz CT molecular complexity index is 1180. The third-order valence-corrected chi connectivity index (χ3v) is 5.58. The number of carbonyl (C=O) groups is 1. The van der Waals surface area contributed by atoms with Gasteiger partial charge in [-0.25, -0.2) is 0 Å². The minimum absolute atomic E-state index is 0.0533. The maximum atomic E-state index is 12.2. The van der Waals surface area contributed by atoms with Gasteiger partial charge in [-0.1, -0.05) is 50.0 Å². The average molecular weight is 422 g/mol. The molecule has 4 nitrogen and oxygen atoms in total. The molecule has 7 heteroatoms. The van der Waals surface area contributed by atoms with Crippen LogP contribution in [-0.4, -0.2) is 10.8 Å². The van der Waals surface area contributed by atoms with E-state index < -0.39 is 5.41 Å². The molecule has 0 bridgehead atoms. The second-order valence-electron chi connectivity index (χ2n) is 6.99. The molecule has 0 fully saturated rings. The Balaban J connectivity index is 1.99. The predicted molar refractivity (Wildman–Crippen MR) is 111 cm³/mol. The van der Waals surface area contributed by atoms with Crippen molar-refractivity contribution < 1.29 is 9.21 Å². The van der Waals surface area contributed by atoms with Gasteiger partial charge in [0.2, 0.25) is 0 Å². The zero-order chi connectivity index (χ0) is 19.8. The molecule has 0 saturated carbocycles. The fraction of sp³-hybridized carbons (Fsp3) is 0.200. The Morgan fingerprint density at radius 3 is 2.63 bits per heavy atom. The molecule has 0 aliphatic heterocycles. The Kier molecular flexibility index (Phi) is 5.47. The summed E-state index contributed by atoms with van der Waals surface area (Å²) in [6.07, 6.45) is 3.09. The van der Waals surface area contributed by atoms with Crippen LogP contribution in [0.15, 0.2) is 39.5 Å². The number of Topliss-reactive ketones (excluding diaryl/α,β-unsaturated/α-hetero) is 1. The molecule has 0 spiro atoms. The van der Waals surface area contributed by atoms with Crippen LogP contribution in [0.2, 0.25) is 10.0 Å². The van der Waals surface area contributed by atoms with E-state index in [1.807, 2.05) is 20.8 Å². The number of benzene rings is 1. The summed E-state index contributed by atoms with van der Waals surface area (Å²) < 4.78 is 6.74. The van der Waals surface area contributed by atoms with Gasteiger partial charge >= 0.3 is 0 Å². The molecule has 140 valence electrons. The normalized spacial score (nSPS) is 13.4. The van der Waals surface area contributed by atoms with Crippen LogP contribution in [0.5, 0.6) is 0 Å². The molecule has 1 N–H and O–H groups in total. The van der Waals surface area contributed by atoms with Gasteiger partial charge in [-0.05, 0) is 24.3 Å². The highest BCUT2D eigenvalue weighted by molar-refractivity contribution is 7.07. The van der Waals surface area contributed by atoms with E-state index >= 15 is 0 Å². The van der Waals surface area contributed by atoms with Crippen molar-refractivity contribution in [2.45, 2.75) is 20.8 Å². The zero-order valence-electron chi connectivity index (χ0n) is 14.9. The van der Waals surface area contributed by atoms with E-state index in [9.17, 15) is 9.59 Å². The van der Waals surface area contributed by atoms with Crippen LogP contribution < -0.4 is 14.8 Å². The van der Waals surface area contributed by atoms with Crippen molar-refractivity contribution in [3.8, 4) is 11.3 Å². The summed E-state index contributed by atoms with van der Waals surface area (Å²) in [4.78, 5) is 27.0. The molecule has 2 heterocycles. The summed E-state index contributed by atoms with van der Waals surface area (Å²) in [5.74, 6) is 1.00. The Labute approximate surface area is 169 Å². The van der Waals surface area contributed by atoms with Crippen LogP contribution in [-0.2, 0) is 4.79 Å². The van der Waals surface area contributed by atoms with E-state index in [4.69, 9.17) is 27.6 Å². The molecular weight excluding hydrogens is 405 g/mol. The summed E-state index contributed by atoms with van der Waals surface area (Å²) in [5.41, 5.74) is -0.0999. The van der Waals surface area contributed by atoms with Crippen LogP contribution in [0.3, 0.4) is 0 Å². The number of carbonyl (C=O) groups excluding carboxylic acids is 1. The van der Waals surface area contributed by atoms with Crippen molar-refractivity contribution >= 4 is 52.5 Å². The Morgan fingerprint density at radius 1 is 1.19 bits per heavy atom. The molecule has 1 aromatic carbocycles. The maximum Gasteiger partial charge on any atom is 0.266 e. The highest BCUT2D eigenvalue weighted by Crippen LogP contribution is 2.34. The lowest BCUT2D eigenvalue weighted by Crippen LogP contribution is -2.22. The van der Waals surface area contributed by atoms with Gasteiger partial charge in [0.25, 0.3) is 5.56 Å². The lowest BCUT2D eigenvalue weighted by molar-refractivity contribution is -0.119. The van der Waals surface area contributed by atoms with Crippen molar-refractivity contribution in [1.82, 2.24) is 4.98 Å². The molecular formula is C20H17Cl2NO3S. The van der Waals surface area contributed by atoms with Crippen molar-refractivity contribution in [3.05, 3.63) is 65.7 Å². The number of nitrogens with one attached hydrogen (secondary N) is 1. The van der Waals surface area contributed by atoms with E-state index in [-0.39, 0.29) is 11.3 Å². The molecule has 0 amide bonds. The first-order valence-corrected chi connectivity index (χ1v) is 9.73. The number of hydrogen-bond donors (Lipinski definition) is 1. The molecule has 0 unspecified atom stereocenters. The molecule has 0 aliphatic rings. The van der Waals surface area contributed by atoms with Crippen LogP contribution in [0.25, 0.3) is 23.5 Å². The third kappa shape index (κ3) is 4.43. The molecule has 0 radical (unpaired) electrons. The molecule has 2 aromatic heterocycles. The third-order valence-electron chi connectivity index (χ3n) is 3.80.